The van der Waals surface area contributed by atoms with Crippen LogP contribution in [-0.4, -0.2) is 42.6 Å². The van der Waals surface area contributed by atoms with E-state index in [4.69, 9.17) is 4.74 Å². The molecule has 0 bridgehead atoms. The Morgan fingerprint density at radius 3 is 3.05 bits per heavy atom. The summed E-state index contributed by atoms with van der Waals surface area (Å²) in [7, 11) is 0. The largest absolute Gasteiger partial charge is 0.384 e. The van der Waals surface area contributed by atoms with Gasteiger partial charge in [-0.3, -0.25) is 4.79 Å². The van der Waals surface area contributed by atoms with Gasteiger partial charge < -0.3 is 15.0 Å². The van der Waals surface area contributed by atoms with E-state index < -0.39 is 0 Å². The van der Waals surface area contributed by atoms with Gasteiger partial charge in [0.1, 0.15) is 0 Å². The third-order valence-corrected chi connectivity index (χ3v) is 4.29. The number of morpholine rings is 1. The molecule has 0 radical (unpaired) electrons. The molecule has 1 amide bonds. The van der Waals surface area contributed by atoms with Gasteiger partial charge in [-0.15, -0.1) is 0 Å². The first-order valence-electron chi connectivity index (χ1n) is 7.39. The van der Waals surface area contributed by atoms with Crippen LogP contribution in [0.25, 0.3) is 0 Å². The molecule has 0 aliphatic carbocycles. The smallest absolute Gasteiger partial charge is 0.223 e. The third kappa shape index (κ3) is 2.52. The molecule has 1 N–H and O–H groups in total. The van der Waals surface area contributed by atoms with Crippen molar-refractivity contribution >= 4 is 11.6 Å². The fraction of sp³-hybridized carbons (Fsp3) is 0.562. The average Bonchev–Trinajstić information content (AvgIpc) is 2.85. The van der Waals surface area contributed by atoms with Crippen molar-refractivity contribution in [2.24, 2.45) is 0 Å². The van der Waals surface area contributed by atoms with Crippen molar-refractivity contribution < 1.29 is 9.53 Å². The van der Waals surface area contributed by atoms with Crippen molar-refractivity contribution in [2.75, 3.05) is 25.0 Å². The van der Waals surface area contributed by atoms with Crippen LogP contribution in [0.3, 0.4) is 0 Å². The third-order valence-electron chi connectivity index (χ3n) is 4.29. The first-order chi connectivity index (χ1) is 9.65. The molecule has 1 saturated heterocycles. The summed E-state index contributed by atoms with van der Waals surface area (Å²) in [6.45, 7) is 6.30. The molecule has 0 spiro atoms. The van der Waals surface area contributed by atoms with Crippen molar-refractivity contribution in [3.05, 3.63) is 29.8 Å². The molecule has 1 aromatic rings. The van der Waals surface area contributed by atoms with E-state index in [2.05, 4.69) is 24.4 Å². The highest BCUT2D eigenvalue weighted by Gasteiger charge is 2.31. The predicted molar refractivity (Wildman–Crippen MR) is 78.9 cm³/mol. The van der Waals surface area contributed by atoms with Gasteiger partial charge in [0, 0.05) is 31.1 Å². The first kappa shape index (κ1) is 13.4. The number of benzene rings is 1. The van der Waals surface area contributed by atoms with Crippen LogP contribution in [0.15, 0.2) is 24.3 Å². The standard InChI is InChI=1S/C16H22N2O2/c1-11-10-20-12(2)9-18(11)16(19)7-13-8-17-15-6-4-3-5-14(13)15/h3-6,11-13,17H,7-10H2,1-2H3. The van der Waals surface area contributed by atoms with Crippen LogP contribution < -0.4 is 5.32 Å². The van der Waals surface area contributed by atoms with E-state index in [0.717, 1.165) is 6.54 Å². The Balaban J connectivity index is 1.68. The Hall–Kier alpha value is -1.55. The summed E-state index contributed by atoms with van der Waals surface area (Å²) >= 11 is 0. The van der Waals surface area contributed by atoms with Gasteiger partial charge in [-0.05, 0) is 25.5 Å². The van der Waals surface area contributed by atoms with E-state index in [1.165, 1.54) is 11.3 Å². The zero-order chi connectivity index (χ0) is 14.1. The lowest BCUT2D eigenvalue weighted by molar-refractivity contribution is -0.143. The molecule has 108 valence electrons. The molecule has 3 rings (SSSR count). The molecule has 3 unspecified atom stereocenters. The molecule has 2 aliphatic heterocycles. The molecular formula is C16H22N2O2. The van der Waals surface area contributed by atoms with Gasteiger partial charge in [0.25, 0.3) is 0 Å². The molecule has 0 saturated carbocycles. The Morgan fingerprint density at radius 1 is 1.40 bits per heavy atom. The number of nitrogens with one attached hydrogen (secondary N) is 1. The molecule has 0 aromatic heterocycles. The van der Waals surface area contributed by atoms with Gasteiger partial charge in [0.2, 0.25) is 5.91 Å². The number of nitrogens with zero attached hydrogens (tertiary/aromatic N) is 1. The molecule has 3 atom stereocenters. The van der Waals surface area contributed by atoms with Gasteiger partial charge >= 0.3 is 0 Å². The maximum atomic E-state index is 12.6. The number of amides is 1. The van der Waals surface area contributed by atoms with E-state index in [1.54, 1.807) is 0 Å². The monoisotopic (exact) mass is 274 g/mol. The molecule has 4 heteroatoms. The number of hydrogen-bond acceptors (Lipinski definition) is 3. The van der Waals surface area contributed by atoms with Crippen LogP contribution in [0, 0.1) is 0 Å². The van der Waals surface area contributed by atoms with E-state index in [9.17, 15) is 4.79 Å². The second kappa shape index (κ2) is 5.44. The van der Waals surface area contributed by atoms with E-state index >= 15 is 0 Å². The highest BCUT2D eigenvalue weighted by molar-refractivity contribution is 5.78. The van der Waals surface area contributed by atoms with Gasteiger partial charge in [-0.2, -0.15) is 0 Å². The summed E-state index contributed by atoms with van der Waals surface area (Å²) in [6.07, 6.45) is 0.727. The topological polar surface area (TPSA) is 41.6 Å². The van der Waals surface area contributed by atoms with Crippen LogP contribution in [0.2, 0.25) is 0 Å². The lowest BCUT2D eigenvalue weighted by Gasteiger charge is -2.37. The minimum atomic E-state index is 0.143. The van der Waals surface area contributed by atoms with Crippen molar-refractivity contribution in [3.8, 4) is 0 Å². The Morgan fingerprint density at radius 2 is 2.20 bits per heavy atom. The van der Waals surface area contributed by atoms with Crippen LogP contribution in [-0.2, 0) is 9.53 Å². The summed E-state index contributed by atoms with van der Waals surface area (Å²) in [5, 5.41) is 3.38. The van der Waals surface area contributed by atoms with Gasteiger partial charge in [-0.25, -0.2) is 0 Å². The Bertz CT molecular complexity index is 503. The van der Waals surface area contributed by atoms with Crippen molar-refractivity contribution in [2.45, 2.75) is 38.3 Å². The number of carbonyl (C=O) groups excluding carboxylic acids is 1. The number of carbonyl (C=O) groups is 1. The predicted octanol–water partition coefficient (Wildman–Crippen LogP) is 2.22. The van der Waals surface area contributed by atoms with Crippen LogP contribution in [0.5, 0.6) is 0 Å². The number of anilines is 1. The SMILES string of the molecule is CC1CN(C(=O)CC2CNc3ccccc32)C(C)CO1. The molecule has 1 aromatic carbocycles. The molecule has 20 heavy (non-hydrogen) atoms. The number of hydrogen-bond donors (Lipinski definition) is 1. The quantitative estimate of drug-likeness (QED) is 0.899. The first-order valence-corrected chi connectivity index (χ1v) is 7.39. The van der Waals surface area contributed by atoms with E-state index in [1.807, 2.05) is 24.0 Å². The molecular weight excluding hydrogens is 252 g/mol. The maximum Gasteiger partial charge on any atom is 0.223 e. The fourth-order valence-corrected chi connectivity index (χ4v) is 3.12. The summed E-state index contributed by atoms with van der Waals surface area (Å²) in [5.41, 5.74) is 2.45. The number of fused-ring (bicyclic) bond motifs is 1. The van der Waals surface area contributed by atoms with Gasteiger partial charge in [-0.1, -0.05) is 18.2 Å². The maximum absolute atomic E-state index is 12.6. The lowest BCUT2D eigenvalue weighted by atomic mass is 9.97. The van der Waals surface area contributed by atoms with Crippen LogP contribution in [0.4, 0.5) is 5.69 Å². The minimum Gasteiger partial charge on any atom is -0.384 e. The second-order valence-electron chi connectivity index (χ2n) is 5.91. The van der Waals surface area contributed by atoms with E-state index in [-0.39, 0.29) is 18.1 Å². The highest BCUT2D eigenvalue weighted by Crippen LogP contribution is 2.33. The normalized spacial score (nSPS) is 28.9. The minimum absolute atomic E-state index is 0.143. The van der Waals surface area contributed by atoms with E-state index in [0.29, 0.717) is 25.5 Å². The van der Waals surface area contributed by atoms with Crippen molar-refractivity contribution in [1.29, 1.82) is 0 Å². The molecule has 1 fully saturated rings. The zero-order valence-electron chi connectivity index (χ0n) is 12.1. The Kier molecular flexibility index (Phi) is 3.66. The average molecular weight is 274 g/mol. The second-order valence-corrected chi connectivity index (χ2v) is 5.91. The summed E-state index contributed by atoms with van der Waals surface area (Å²) in [4.78, 5) is 14.5. The van der Waals surface area contributed by atoms with Crippen LogP contribution >= 0.6 is 0 Å². The molecule has 2 aliphatic rings. The summed E-state index contributed by atoms with van der Waals surface area (Å²) in [6, 6.07) is 8.46. The fourth-order valence-electron chi connectivity index (χ4n) is 3.12. The van der Waals surface area contributed by atoms with Gasteiger partial charge in [0.15, 0.2) is 0 Å². The lowest BCUT2D eigenvalue weighted by Crippen LogP contribution is -2.50. The number of rotatable bonds is 2. The van der Waals surface area contributed by atoms with Gasteiger partial charge in [0.05, 0.1) is 18.8 Å². The molecule has 2 heterocycles. The summed E-state index contributed by atoms with van der Waals surface area (Å²) in [5.74, 6) is 0.542. The van der Waals surface area contributed by atoms with Crippen molar-refractivity contribution in [3.63, 3.8) is 0 Å². The summed E-state index contributed by atoms with van der Waals surface area (Å²) < 4.78 is 5.59. The highest BCUT2D eigenvalue weighted by atomic mass is 16.5. The number of ether oxygens (including phenoxy) is 1. The molecule has 4 nitrogen and oxygen atoms in total. The Labute approximate surface area is 120 Å². The number of para-hydroxylation sites is 1. The zero-order valence-corrected chi connectivity index (χ0v) is 12.1. The van der Waals surface area contributed by atoms with Crippen LogP contribution in [0.1, 0.15) is 31.7 Å². The van der Waals surface area contributed by atoms with Crippen molar-refractivity contribution in [1.82, 2.24) is 4.90 Å².